The van der Waals surface area contributed by atoms with Gasteiger partial charge in [-0.25, -0.2) is 0 Å². The van der Waals surface area contributed by atoms with Crippen LogP contribution in [0.1, 0.15) is 21.5 Å². The van der Waals surface area contributed by atoms with E-state index in [1.807, 2.05) is 83.8 Å². The highest BCUT2D eigenvalue weighted by Crippen LogP contribution is 2.23. The highest BCUT2D eigenvalue weighted by Gasteiger charge is 2.19. The summed E-state index contributed by atoms with van der Waals surface area (Å²) in [4.78, 5) is 15.0. The summed E-state index contributed by atoms with van der Waals surface area (Å²) in [6, 6.07) is 25.1. The van der Waals surface area contributed by atoms with Gasteiger partial charge >= 0.3 is 0 Å². The average Bonchev–Trinajstić information content (AvgIpc) is 2.64. The molecule has 0 fully saturated rings. The molecule has 0 aliphatic carbocycles. The van der Waals surface area contributed by atoms with Crippen LogP contribution in [0.2, 0.25) is 5.02 Å². The van der Waals surface area contributed by atoms with Crippen LogP contribution in [0, 0.1) is 0 Å². The summed E-state index contributed by atoms with van der Waals surface area (Å²) >= 11 is 9.78. The highest BCUT2D eigenvalue weighted by atomic mass is 79.9. The van der Waals surface area contributed by atoms with Crippen molar-refractivity contribution < 1.29 is 4.79 Å². The van der Waals surface area contributed by atoms with E-state index in [1.54, 1.807) is 0 Å². The first-order chi connectivity index (χ1) is 12.1. The van der Waals surface area contributed by atoms with Crippen LogP contribution in [-0.2, 0) is 13.1 Å². The van der Waals surface area contributed by atoms with Gasteiger partial charge in [-0.1, -0.05) is 72.3 Å². The molecule has 3 rings (SSSR count). The Morgan fingerprint density at radius 1 is 0.840 bits per heavy atom. The molecular formula is C21H17BrClNO. The van der Waals surface area contributed by atoms with Crippen molar-refractivity contribution in [2.45, 2.75) is 13.1 Å². The van der Waals surface area contributed by atoms with E-state index in [4.69, 9.17) is 11.6 Å². The normalized spacial score (nSPS) is 10.5. The smallest absolute Gasteiger partial charge is 0.255 e. The number of halogens is 2. The number of hydrogen-bond acceptors (Lipinski definition) is 1. The Morgan fingerprint density at radius 3 is 2.20 bits per heavy atom. The van der Waals surface area contributed by atoms with Gasteiger partial charge in [-0.05, 0) is 45.3 Å². The Bertz CT molecular complexity index is 867. The van der Waals surface area contributed by atoms with Gasteiger partial charge in [0.2, 0.25) is 0 Å². The van der Waals surface area contributed by atoms with Crippen molar-refractivity contribution in [3.63, 3.8) is 0 Å². The zero-order valence-corrected chi connectivity index (χ0v) is 15.9. The van der Waals surface area contributed by atoms with Gasteiger partial charge in [0.1, 0.15) is 0 Å². The number of carbonyl (C=O) groups excluding carboxylic acids is 1. The van der Waals surface area contributed by atoms with Crippen molar-refractivity contribution in [2.24, 2.45) is 0 Å². The van der Waals surface area contributed by atoms with Crippen LogP contribution in [0.15, 0.2) is 83.3 Å². The molecule has 0 saturated heterocycles. The van der Waals surface area contributed by atoms with Gasteiger partial charge in [0.25, 0.3) is 5.91 Å². The van der Waals surface area contributed by atoms with Gasteiger partial charge in [0, 0.05) is 22.6 Å². The molecule has 0 bridgehead atoms. The summed E-state index contributed by atoms with van der Waals surface area (Å²) < 4.78 is 0.789. The molecule has 126 valence electrons. The van der Waals surface area contributed by atoms with Crippen molar-refractivity contribution in [1.29, 1.82) is 0 Å². The molecule has 0 atom stereocenters. The molecule has 0 radical (unpaired) electrons. The number of amides is 1. The largest absolute Gasteiger partial charge is 0.330 e. The van der Waals surface area contributed by atoms with Gasteiger partial charge in [-0.3, -0.25) is 4.79 Å². The second-order valence-corrected chi connectivity index (χ2v) is 6.98. The third-order valence-electron chi connectivity index (χ3n) is 3.93. The van der Waals surface area contributed by atoms with E-state index in [2.05, 4.69) is 15.9 Å². The fourth-order valence-electron chi connectivity index (χ4n) is 2.64. The molecule has 0 aliphatic heterocycles. The maximum absolute atomic E-state index is 13.1. The van der Waals surface area contributed by atoms with Crippen LogP contribution in [0.4, 0.5) is 0 Å². The molecule has 3 aromatic rings. The van der Waals surface area contributed by atoms with Gasteiger partial charge < -0.3 is 4.90 Å². The van der Waals surface area contributed by atoms with E-state index >= 15 is 0 Å². The molecule has 2 nitrogen and oxygen atoms in total. The highest BCUT2D eigenvalue weighted by molar-refractivity contribution is 9.10. The van der Waals surface area contributed by atoms with Crippen molar-refractivity contribution in [2.75, 3.05) is 0 Å². The van der Waals surface area contributed by atoms with Crippen LogP contribution in [0.5, 0.6) is 0 Å². The van der Waals surface area contributed by atoms with Gasteiger partial charge in [-0.15, -0.1) is 0 Å². The van der Waals surface area contributed by atoms with E-state index in [0.717, 1.165) is 15.6 Å². The lowest BCUT2D eigenvalue weighted by Crippen LogP contribution is -2.30. The zero-order chi connectivity index (χ0) is 17.6. The molecule has 4 heteroatoms. The van der Waals surface area contributed by atoms with Crippen molar-refractivity contribution in [3.05, 3.63) is 105 Å². The molecular weight excluding hydrogens is 398 g/mol. The molecule has 0 N–H and O–H groups in total. The SMILES string of the molecule is O=C(c1ccccc1Br)N(Cc1ccccc1)Cc1ccccc1Cl. The van der Waals surface area contributed by atoms with Crippen molar-refractivity contribution in [1.82, 2.24) is 4.90 Å². The van der Waals surface area contributed by atoms with E-state index < -0.39 is 0 Å². The van der Waals surface area contributed by atoms with E-state index in [9.17, 15) is 4.79 Å². The monoisotopic (exact) mass is 413 g/mol. The predicted molar refractivity (Wildman–Crippen MR) is 106 cm³/mol. The zero-order valence-electron chi connectivity index (χ0n) is 13.5. The predicted octanol–water partition coefficient (Wildman–Crippen LogP) is 5.95. The number of benzene rings is 3. The lowest BCUT2D eigenvalue weighted by Gasteiger charge is -2.24. The minimum atomic E-state index is -0.0313. The van der Waals surface area contributed by atoms with Crippen LogP contribution in [0.25, 0.3) is 0 Å². The first kappa shape index (κ1) is 17.7. The van der Waals surface area contributed by atoms with Crippen LogP contribution in [-0.4, -0.2) is 10.8 Å². The lowest BCUT2D eigenvalue weighted by atomic mass is 10.1. The minimum Gasteiger partial charge on any atom is -0.330 e. The fraction of sp³-hybridized carbons (Fsp3) is 0.0952. The van der Waals surface area contributed by atoms with Crippen LogP contribution in [0.3, 0.4) is 0 Å². The maximum atomic E-state index is 13.1. The number of carbonyl (C=O) groups is 1. The Balaban J connectivity index is 1.92. The van der Waals surface area contributed by atoms with Crippen LogP contribution >= 0.6 is 27.5 Å². The molecule has 25 heavy (non-hydrogen) atoms. The van der Waals surface area contributed by atoms with Gasteiger partial charge in [0.05, 0.1) is 5.56 Å². The topological polar surface area (TPSA) is 20.3 Å². The number of nitrogens with zero attached hydrogens (tertiary/aromatic N) is 1. The Labute approximate surface area is 161 Å². The Hall–Kier alpha value is -2.10. The first-order valence-corrected chi connectivity index (χ1v) is 9.13. The van der Waals surface area contributed by atoms with Gasteiger partial charge in [0.15, 0.2) is 0 Å². The molecule has 0 heterocycles. The number of rotatable bonds is 5. The van der Waals surface area contributed by atoms with E-state index in [-0.39, 0.29) is 5.91 Å². The third kappa shape index (κ3) is 4.50. The summed E-state index contributed by atoms with van der Waals surface area (Å²) in [6.45, 7) is 0.973. The Kier molecular flexibility index (Phi) is 5.90. The fourth-order valence-corrected chi connectivity index (χ4v) is 3.29. The quantitative estimate of drug-likeness (QED) is 0.505. The summed E-state index contributed by atoms with van der Waals surface area (Å²) in [5, 5.41) is 0.667. The lowest BCUT2D eigenvalue weighted by molar-refractivity contribution is 0.0729. The number of hydrogen-bond donors (Lipinski definition) is 0. The summed E-state index contributed by atoms with van der Waals surface area (Å²) in [6.07, 6.45) is 0. The van der Waals surface area contributed by atoms with Crippen molar-refractivity contribution in [3.8, 4) is 0 Å². The van der Waals surface area contributed by atoms with E-state index in [0.29, 0.717) is 23.7 Å². The third-order valence-corrected chi connectivity index (χ3v) is 4.99. The second kappa shape index (κ2) is 8.32. The molecule has 3 aromatic carbocycles. The molecule has 0 saturated carbocycles. The minimum absolute atomic E-state index is 0.0313. The summed E-state index contributed by atoms with van der Waals surface area (Å²) in [7, 11) is 0. The average molecular weight is 415 g/mol. The molecule has 0 unspecified atom stereocenters. The standard InChI is InChI=1S/C21H17BrClNO/c22-19-12-6-5-11-18(19)21(25)24(14-16-8-2-1-3-9-16)15-17-10-4-7-13-20(17)23/h1-13H,14-15H2. The molecule has 0 aliphatic rings. The summed E-state index contributed by atoms with van der Waals surface area (Å²) in [5.41, 5.74) is 2.65. The molecule has 1 amide bonds. The van der Waals surface area contributed by atoms with Crippen molar-refractivity contribution >= 4 is 33.4 Å². The van der Waals surface area contributed by atoms with Gasteiger partial charge in [-0.2, -0.15) is 0 Å². The van der Waals surface area contributed by atoms with E-state index in [1.165, 1.54) is 0 Å². The maximum Gasteiger partial charge on any atom is 0.255 e. The van der Waals surface area contributed by atoms with Crippen LogP contribution < -0.4 is 0 Å². The Morgan fingerprint density at radius 2 is 1.48 bits per heavy atom. The molecule has 0 spiro atoms. The first-order valence-electron chi connectivity index (χ1n) is 7.96. The second-order valence-electron chi connectivity index (χ2n) is 5.72. The summed E-state index contributed by atoms with van der Waals surface area (Å²) in [5.74, 6) is -0.0313. The molecule has 0 aromatic heterocycles.